The molecule has 0 spiro atoms. The molecule has 14 heavy (non-hydrogen) atoms. The molecule has 3 heteroatoms. The van der Waals surface area contributed by atoms with Gasteiger partial charge in [0, 0.05) is 6.54 Å². The van der Waals surface area contributed by atoms with Crippen molar-refractivity contribution in [1.29, 1.82) is 0 Å². The molecule has 1 atom stereocenters. The van der Waals surface area contributed by atoms with Crippen LogP contribution in [0.25, 0.3) is 0 Å². The Hall–Kier alpha value is -0.700. The molecule has 0 radical (unpaired) electrons. The van der Waals surface area contributed by atoms with Crippen molar-refractivity contribution in [3.8, 4) is 0 Å². The topological polar surface area (TPSA) is 18.6 Å². The van der Waals surface area contributed by atoms with E-state index in [0.29, 0.717) is 0 Å². The first kappa shape index (κ1) is 9.84. The van der Waals surface area contributed by atoms with Crippen molar-refractivity contribution in [2.75, 3.05) is 32.8 Å². The average molecular weight is 194 g/mol. The van der Waals surface area contributed by atoms with Crippen LogP contribution in [0.1, 0.15) is 20.3 Å². The predicted octanol–water partition coefficient (Wildman–Crippen LogP) is 0.843. The minimum absolute atomic E-state index is 0.870. The Morgan fingerprint density at radius 3 is 3.07 bits per heavy atom. The van der Waals surface area contributed by atoms with Crippen LogP contribution in [0.4, 0.5) is 0 Å². The second kappa shape index (κ2) is 4.22. The lowest BCUT2D eigenvalue weighted by Gasteiger charge is -2.12. The van der Waals surface area contributed by atoms with Crippen LogP contribution >= 0.6 is 0 Å². The Bertz CT molecular complexity index is 268. The molecule has 1 saturated heterocycles. The van der Waals surface area contributed by atoms with E-state index in [1.54, 1.807) is 0 Å². The van der Waals surface area contributed by atoms with Crippen molar-refractivity contribution in [2.24, 2.45) is 10.9 Å². The molecule has 78 valence electrons. The van der Waals surface area contributed by atoms with Gasteiger partial charge in [-0.3, -0.25) is 4.90 Å². The van der Waals surface area contributed by atoms with Gasteiger partial charge in [0.2, 0.25) is 6.67 Å². The van der Waals surface area contributed by atoms with Gasteiger partial charge in [-0.2, -0.15) is 0 Å². The van der Waals surface area contributed by atoms with E-state index in [1.165, 1.54) is 31.8 Å². The largest absolute Gasteiger partial charge is 0.297 e. The molecule has 0 N–H and O–H groups in total. The summed E-state index contributed by atoms with van der Waals surface area (Å²) in [6, 6.07) is 0. The van der Waals surface area contributed by atoms with Crippen molar-refractivity contribution >= 4 is 11.9 Å². The van der Waals surface area contributed by atoms with Gasteiger partial charge >= 0.3 is 0 Å². The molecule has 0 bridgehead atoms. The van der Waals surface area contributed by atoms with Crippen molar-refractivity contribution in [2.45, 2.75) is 20.3 Å². The second-order valence-corrected chi connectivity index (χ2v) is 4.58. The first-order valence-electron chi connectivity index (χ1n) is 5.56. The van der Waals surface area contributed by atoms with Crippen LogP contribution in [0.3, 0.4) is 0 Å². The third kappa shape index (κ3) is 2.41. The molecule has 0 aromatic rings. The van der Waals surface area contributed by atoms with E-state index >= 15 is 0 Å². The fraction of sp³-hybridized carbons (Fsp3) is 0.818. The van der Waals surface area contributed by atoms with Crippen molar-refractivity contribution < 1.29 is 4.58 Å². The molecule has 0 aromatic carbocycles. The zero-order chi connectivity index (χ0) is 9.97. The van der Waals surface area contributed by atoms with Gasteiger partial charge in [-0.05, 0) is 25.8 Å². The lowest BCUT2D eigenvalue weighted by atomic mass is 10.2. The lowest BCUT2D eigenvalue weighted by Crippen LogP contribution is -2.29. The highest BCUT2D eigenvalue weighted by Gasteiger charge is 2.20. The van der Waals surface area contributed by atoms with E-state index < -0.39 is 0 Å². The molecule has 1 fully saturated rings. The highest BCUT2D eigenvalue weighted by Crippen LogP contribution is 2.13. The van der Waals surface area contributed by atoms with Crippen molar-refractivity contribution in [1.82, 2.24) is 4.90 Å². The first-order valence-corrected chi connectivity index (χ1v) is 5.56. The average Bonchev–Trinajstić information content (AvgIpc) is 2.72. The number of rotatable bonds is 3. The van der Waals surface area contributed by atoms with Crippen LogP contribution in [0.15, 0.2) is 4.99 Å². The van der Waals surface area contributed by atoms with Gasteiger partial charge in [0.1, 0.15) is 5.71 Å². The van der Waals surface area contributed by atoms with E-state index in [4.69, 9.17) is 0 Å². The van der Waals surface area contributed by atoms with Gasteiger partial charge in [-0.1, -0.05) is 6.92 Å². The summed E-state index contributed by atoms with van der Waals surface area (Å²) in [5.74, 6) is 0.899. The highest BCUT2D eigenvalue weighted by molar-refractivity contribution is 6.28. The normalized spacial score (nSPS) is 28.0. The zero-order valence-corrected chi connectivity index (χ0v) is 9.24. The van der Waals surface area contributed by atoms with Crippen LogP contribution in [0.2, 0.25) is 0 Å². The molecule has 0 aliphatic carbocycles. The van der Waals surface area contributed by atoms with Crippen LogP contribution in [0, 0.1) is 5.92 Å². The summed E-state index contributed by atoms with van der Waals surface area (Å²) >= 11 is 0. The summed E-state index contributed by atoms with van der Waals surface area (Å²) in [6.07, 6.45) is 3.54. The summed E-state index contributed by atoms with van der Waals surface area (Å²) < 4.78 is 2.30. The monoisotopic (exact) mass is 194 g/mol. The molecule has 1 unspecified atom stereocenters. The number of hydrogen-bond acceptors (Lipinski definition) is 2. The number of nitrogens with zero attached hydrogens (tertiary/aromatic N) is 3. The summed E-state index contributed by atoms with van der Waals surface area (Å²) in [5, 5.41) is 0. The maximum Gasteiger partial charge on any atom is 0.236 e. The van der Waals surface area contributed by atoms with Crippen LogP contribution in [-0.4, -0.2) is 54.2 Å². The van der Waals surface area contributed by atoms with E-state index in [2.05, 4.69) is 34.5 Å². The van der Waals surface area contributed by atoms with Crippen LogP contribution in [-0.2, 0) is 0 Å². The second-order valence-electron chi connectivity index (χ2n) is 4.58. The Kier molecular flexibility index (Phi) is 2.96. The van der Waals surface area contributed by atoms with Gasteiger partial charge in [0.15, 0.2) is 12.8 Å². The Morgan fingerprint density at radius 1 is 1.64 bits per heavy atom. The maximum atomic E-state index is 4.35. The lowest BCUT2D eigenvalue weighted by molar-refractivity contribution is -0.516. The molecule has 2 rings (SSSR count). The molecule has 2 aliphatic heterocycles. The molecular weight excluding hydrogens is 174 g/mol. The quantitative estimate of drug-likeness (QED) is 0.609. The van der Waals surface area contributed by atoms with Gasteiger partial charge in [0.05, 0.1) is 6.54 Å². The summed E-state index contributed by atoms with van der Waals surface area (Å²) in [5.41, 5.74) is 1.17. The number of hydrogen-bond donors (Lipinski definition) is 0. The van der Waals surface area contributed by atoms with Gasteiger partial charge in [-0.25, -0.2) is 9.57 Å². The van der Waals surface area contributed by atoms with Gasteiger partial charge in [-0.15, -0.1) is 0 Å². The molecule has 2 aliphatic rings. The van der Waals surface area contributed by atoms with Crippen LogP contribution < -0.4 is 0 Å². The standard InChI is InChI=1S/C11H20N3/c1-10-3-4-13(7-10)5-6-14-8-11(2)12-9-14/h8,10H,3-7,9H2,1-2H3/q+1. The molecule has 0 aromatic heterocycles. The highest BCUT2D eigenvalue weighted by atomic mass is 15.2. The molecule has 0 amide bonds. The fourth-order valence-corrected chi connectivity index (χ4v) is 2.18. The third-order valence-corrected chi connectivity index (χ3v) is 3.08. The SMILES string of the molecule is CC1=NC[N+](CCN2CCC(C)C2)=C1. The Morgan fingerprint density at radius 2 is 2.50 bits per heavy atom. The van der Waals surface area contributed by atoms with Gasteiger partial charge in [0.25, 0.3) is 0 Å². The molecule has 0 saturated carbocycles. The predicted molar refractivity (Wildman–Crippen MR) is 59.4 cm³/mol. The summed E-state index contributed by atoms with van der Waals surface area (Å²) in [6.45, 7) is 10.2. The van der Waals surface area contributed by atoms with Gasteiger partial charge < -0.3 is 0 Å². The van der Waals surface area contributed by atoms with E-state index in [1.807, 2.05) is 0 Å². The first-order chi connectivity index (χ1) is 6.74. The van der Waals surface area contributed by atoms with Crippen molar-refractivity contribution in [3.05, 3.63) is 0 Å². The molecular formula is C11H20N3+. The van der Waals surface area contributed by atoms with E-state index in [-0.39, 0.29) is 0 Å². The zero-order valence-electron chi connectivity index (χ0n) is 9.24. The Balaban J connectivity index is 1.71. The Labute approximate surface area is 86.1 Å². The fourth-order valence-electron chi connectivity index (χ4n) is 2.18. The molecule has 2 heterocycles. The summed E-state index contributed by atoms with van der Waals surface area (Å²) in [7, 11) is 0. The smallest absolute Gasteiger partial charge is 0.236 e. The van der Waals surface area contributed by atoms with Crippen LogP contribution in [0.5, 0.6) is 0 Å². The minimum Gasteiger partial charge on any atom is -0.297 e. The van der Waals surface area contributed by atoms with E-state index in [9.17, 15) is 0 Å². The number of likely N-dealkylation sites (tertiary alicyclic amines) is 1. The minimum atomic E-state index is 0.870. The maximum absolute atomic E-state index is 4.35. The number of aliphatic imine (C=N–C) groups is 1. The summed E-state index contributed by atoms with van der Waals surface area (Å²) in [4.78, 5) is 6.91. The molecule has 3 nitrogen and oxygen atoms in total. The third-order valence-electron chi connectivity index (χ3n) is 3.08. The van der Waals surface area contributed by atoms with Crippen molar-refractivity contribution in [3.63, 3.8) is 0 Å². The van der Waals surface area contributed by atoms with E-state index in [0.717, 1.165) is 19.1 Å².